The molecule has 0 aromatic carbocycles. The van der Waals surface area contributed by atoms with Crippen molar-refractivity contribution in [1.82, 2.24) is 5.32 Å². The number of rotatable bonds is 6. The fraction of sp³-hybridized carbons (Fsp3) is 0.778. The summed E-state index contributed by atoms with van der Waals surface area (Å²) in [7, 11) is -3.58. The largest absolute Gasteiger partial charge is 0.354 e. The summed E-state index contributed by atoms with van der Waals surface area (Å²) >= 11 is 0. The normalized spacial score (nSPS) is 11.9. The second-order valence-electron chi connectivity index (χ2n) is 3.52. The van der Waals surface area contributed by atoms with Gasteiger partial charge in [-0.15, -0.1) is 0 Å². The molecule has 3 N–H and O–H groups in total. The lowest BCUT2D eigenvalue weighted by Gasteiger charge is -2.21. The molecule has 0 saturated heterocycles. The second kappa shape index (κ2) is 5.82. The van der Waals surface area contributed by atoms with Crippen LogP contribution in [0.1, 0.15) is 26.7 Å². The van der Waals surface area contributed by atoms with E-state index in [0.29, 0.717) is 12.8 Å². The van der Waals surface area contributed by atoms with E-state index >= 15 is 0 Å². The Morgan fingerprint density at radius 2 is 1.94 bits per heavy atom. The lowest BCUT2D eigenvalue weighted by Crippen LogP contribution is -2.41. The highest BCUT2D eigenvalue weighted by atomic mass is 32.2. The molecule has 0 aliphatic heterocycles. The number of carbonyl (C=O) groups is 1. The van der Waals surface area contributed by atoms with Crippen molar-refractivity contribution in [3.8, 4) is 6.07 Å². The van der Waals surface area contributed by atoms with Gasteiger partial charge in [-0.2, -0.15) is 5.26 Å². The van der Waals surface area contributed by atoms with Gasteiger partial charge in [-0.3, -0.25) is 4.79 Å². The molecule has 6 nitrogen and oxygen atoms in total. The number of sulfonamides is 1. The third-order valence-corrected chi connectivity index (χ3v) is 3.30. The zero-order valence-corrected chi connectivity index (χ0v) is 10.3. The summed E-state index contributed by atoms with van der Waals surface area (Å²) in [6, 6.07) is 1.97. The topological polar surface area (TPSA) is 113 Å². The molecule has 0 bridgehead atoms. The Kier molecular flexibility index (Phi) is 5.41. The number of hydrogen-bond acceptors (Lipinski definition) is 4. The number of nitrogens with zero attached hydrogens (tertiary/aromatic N) is 1. The molecule has 0 fully saturated rings. The van der Waals surface area contributed by atoms with E-state index in [2.05, 4.69) is 5.32 Å². The van der Waals surface area contributed by atoms with E-state index in [4.69, 9.17) is 10.4 Å². The van der Waals surface area contributed by atoms with E-state index in [1.165, 1.54) is 0 Å². The Bertz CT molecular complexity index is 379. The Balaban J connectivity index is 4.41. The fourth-order valence-electron chi connectivity index (χ4n) is 1.26. The van der Waals surface area contributed by atoms with E-state index < -0.39 is 21.3 Å². The molecule has 92 valence electrons. The maximum Gasteiger partial charge on any atom is 0.240 e. The molecule has 0 spiro atoms. The molecule has 0 radical (unpaired) electrons. The average molecular weight is 247 g/mol. The van der Waals surface area contributed by atoms with Gasteiger partial charge in [0, 0.05) is 6.54 Å². The zero-order chi connectivity index (χ0) is 12.8. The maximum atomic E-state index is 11.7. The third kappa shape index (κ3) is 4.16. The van der Waals surface area contributed by atoms with E-state index in [1.807, 2.05) is 6.07 Å². The zero-order valence-electron chi connectivity index (χ0n) is 9.49. The van der Waals surface area contributed by atoms with Crippen LogP contribution in [0.4, 0.5) is 0 Å². The van der Waals surface area contributed by atoms with Crippen molar-refractivity contribution >= 4 is 15.9 Å². The summed E-state index contributed by atoms with van der Waals surface area (Å²) in [5, 5.41) is 16.1. The van der Waals surface area contributed by atoms with Crippen LogP contribution in [0.3, 0.4) is 0 Å². The molecule has 0 aliphatic carbocycles. The van der Waals surface area contributed by atoms with Crippen molar-refractivity contribution in [3.63, 3.8) is 0 Å². The van der Waals surface area contributed by atoms with Crippen LogP contribution in [-0.2, 0) is 14.8 Å². The van der Waals surface area contributed by atoms with Gasteiger partial charge in [0.2, 0.25) is 15.9 Å². The molecule has 0 atom stereocenters. The van der Waals surface area contributed by atoms with Crippen LogP contribution in [0.5, 0.6) is 0 Å². The minimum absolute atomic E-state index is 0.0684. The van der Waals surface area contributed by atoms with Crippen molar-refractivity contribution in [2.75, 3.05) is 12.3 Å². The van der Waals surface area contributed by atoms with Crippen LogP contribution >= 0.6 is 0 Å². The number of primary sulfonamides is 1. The summed E-state index contributed by atoms with van der Waals surface area (Å²) < 4.78 is 21.3. The van der Waals surface area contributed by atoms with Crippen LogP contribution in [0.25, 0.3) is 0 Å². The summed E-state index contributed by atoms with van der Waals surface area (Å²) in [5.41, 5.74) is -1.07. The molecule has 0 aromatic heterocycles. The molecule has 1 amide bonds. The summed E-state index contributed by atoms with van der Waals surface area (Å²) in [6.07, 6.45) is 0.780. The van der Waals surface area contributed by atoms with Crippen LogP contribution in [0.2, 0.25) is 0 Å². The Hall–Kier alpha value is -1.13. The first-order valence-electron chi connectivity index (χ1n) is 5.01. The van der Waals surface area contributed by atoms with Crippen LogP contribution in [0, 0.1) is 16.7 Å². The minimum Gasteiger partial charge on any atom is -0.354 e. The number of carbonyl (C=O) groups excluding carboxylic acids is 1. The van der Waals surface area contributed by atoms with Gasteiger partial charge in [-0.05, 0) is 12.8 Å². The molecular weight excluding hydrogens is 230 g/mol. The molecule has 0 saturated carbocycles. The van der Waals surface area contributed by atoms with E-state index in [-0.39, 0.29) is 12.3 Å². The van der Waals surface area contributed by atoms with Crippen LogP contribution in [-0.4, -0.2) is 26.6 Å². The summed E-state index contributed by atoms with van der Waals surface area (Å²) in [6.45, 7) is 3.42. The Morgan fingerprint density at radius 1 is 1.44 bits per heavy atom. The quantitative estimate of drug-likeness (QED) is 0.672. The van der Waals surface area contributed by atoms with Gasteiger partial charge in [0.05, 0.1) is 11.8 Å². The highest BCUT2D eigenvalue weighted by molar-refractivity contribution is 7.89. The number of amides is 1. The summed E-state index contributed by atoms with van der Waals surface area (Å²) in [4.78, 5) is 11.7. The van der Waals surface area contributed by atoms with Crippen LogP contribution < -0.4 is 10.5 Å². The Labute approximate surface area is 95.9 Å². The fourth-order valence-corrected chi connectivity index (χ4v) is 1.64. The van der Waals surface area contributed by atoms with Crippen molar-refractivity contribution in [1.29, 1.82) is 5.26 Å². The third-order valence-electron chi connectivity index (χ3n) is 2.53. The second-order valence-corrected chi connectivity index (χ2v) is 5.26. The molecule has 0 unspecified atom stereocenters. The van der Waals surface area contributed by atoms with Gasteiger partial charge in [0.25, 0.3) is 0 Å². The van der Waals surface area contributed by atoms with Gasteiger partial charge in [0.1, 0.15) is 5.41 Å². The minimum atomic E-state index is -3.58. The monoisotopic (exact) mass is 247 g/mol. The van der Waals surface area contributed by atoms with Gasteiger partial charge in [-0.1, -0.05) is 13.8 Å². The molecule has 0 heterocycles. The van der Waals surface area contributed by atoms with Crippen molar-refractivity contribution < 1.29 is 13.2 Å². The van der Waals surface area contributed by atoms with Gasteiger partial charge < -0.3 is 5.32 Å². The number of nitrogens with two attached hydrogens (primary N) is 1. The van der Waals surface area contributed by atoms with E-state index in [0.717, 1.165) is 0 Å². The predicted molar refractivity (Wildman–Crippen MR) is 59.6 cm³/mol. The highest BCUT2D eigenvalue weighted by Crippen LogP contribution is 2.25. The molecular formula is C9H17N3O3S. The van der Waals surface area contributed by atoms with E-state index in [1.54, 1.807) is 13.8 Å². The first kappa shape index (κ1) is 14.9. The van der Waals surface area contributed by atoms with Crippen molar-refractivity contribution in [2.45, 2.75) is 26.7 Å². The average Bonchev–Trinajstić information content (AvgIpc) is 2.19. The molecule has 0 aromatic rings. The van der Waals surface area contributed by atoms with Crippen molar-refractivity contribution in [3.05, 3.63) is 0 Å². The van der Waals surface area contributed by atoms with Crippen molar-refractivity contribution in [2.24, 2.45) is 10.6 Å². The SMILES string of the molecule is CCC(C#N)(CC)C(=O)NCCS(N)(=O)=O. The molecule has 16 heavy (non-hydrogen) atoms. The van der Waals surface area contributed by atoms with Crippen LogP contribution in [0.15, 0.2) is 0 Å². The molecule has 0 rings (SSSR count). The summed E-state index contributed by atoms with van der Waals surface area (Å²) in [5.74, 6) is -0.767. The number of nitrogens with one attached hydrogen (secondary N) is 1. The molecule has 7 heteroatoms. The molecule has 0 aliphatic rings. The lowest BCUT2D eigenvalue weighted by atomic mass is 9.83. The Morgan fingerprint density at radius 3 is 2.25 bits per heavy atom. The number of nitriles is 1. The lowest BCUT2D eigenvalue weighted by molar-refractivity contribution is -0.128. The standard InChI is InChI=1S/C9H17N3O3S/c1-3-9(4-2,7-10)8(13)12-5-6-16(11,14)15/h3-6H2,1-2H3,(H,12,13)(H2,11,14,15). The van der Waals surface area contributed by atoms with Gasteiger partial charge >= 0.3 is 0 Å². The van der Waals surface area contributed by atoms with E-state index in [9.17, 15) is 13.2 Å². The van der Waals surface area contributed by atoms with Gasteiger partial charge in [-0.25, -0.2) is 13.6 Å². The highest BCUT2D eigenvalue weighted by Gasteiger charge is 2.34. The smallest absolute Gasteiger partial charge is 0.240 e. The predicted octanol–water partition coefficient (Wildman–Crippen LogP) is -0.279. The first-order valence-corrected chi connectivity index (χ1v) is 6.73. The van der Waals surface area contributed by atoms with Gasteiger partial charge in [0.15, 0.2) is 0 Å². The maximum absolute atomic E-state index is 11.7. The number of hydrogen-bond donors (Lipinski definition) is 2. The first-order chi connectivity index (χ1) is 7.31.